The molecule has 2 aromatic rings. The van der Waals surface area contributed by atoms with Crippen LogP contribution in [-0.2, 0) is 13.2 Å². The Hall–Kier alpha value is -2.28. The maximum Gasteiger partial charge on any atom is 0.315 e. The van der Waals surface area contributed by atoms with Crippen molar-refractivity contribution in [3.8, 4) is 11.5 Å². The summed E-state index contributed by atoms with van der Waals surface area (Å²) in [6.45, 7) is 2.91. The Bertz CT molecular complexity index is 571. The molecule has 2 rings (SSSR count). The number of aliphatic hydroxyl groups is 1. The number of rotatable bonds is 8. The molecule has 2 N–H and O–H groups in total. The van der Waals surface area contributed by atoms with Crippen molar-refractivity contribution in [3.05, 3.63) is 29.7 Å². The summed E-state index contributed by atoms with van der Waals surface area (Å²) in [5.74, 6) is 1.59. The molecule has 0 amide bonds. The van der Waals surface area contributed by atoms with Crippen LogP contribution in [0.25, 0.3) is 0 Å². The number of nitrogens with one attached hydrogen (secondary N) is 1. The lowest BCUT2D eigenvalue weighted by Crippen LogP contribution is -2.02. The van der Waals surface area contributed by atoms with Crippen LogP contribution in [0.5, 0.6) is 11.5 Å². The number of hydrogen-bond acceptors (Lipinski definition) is 7. The zero-order valence-corrected chi connectivity index (χ0v) is 12.1. The fraction of sp³-hybridized carbons (Fsp3) is 0.429. The van der Waals surface area contributed by atoms with Crippen LogP contribution in [0.4, 0.5) is 6.01 Å². The first-order valence-corrected chi connectivity index (χ1v) is 6.73. The number of methoxy groups -OCH3 is 1. The highest BCUT2D eigenvalue weighted by Crippen LogP contribution is 2.28. The lowest BCUT2D eigenvalue weighted by molar-refractivity contribution is 0.241. The fourth-order valence-corrected chi connectivity index (χ4v) is 1.72. The van der Waals surface area contributed by atoms with E-state index in [1.165, 1.54) is 0 Å². The van der Waals surface area contributed by atoms with E-state index in [0.29, 0.717) is 24.7 Å². The summed E-state index contributed by atoms with van der Waals surface area (Å²) in [4.78, 5) is 0. The minimum absolute atomic E-state index is 0.180. The van der Waals surface area contributed by atoms with Crippen LogP contribution in [0.2, 0.25) is 0 Å². The Kier molecular flexibility index (Phi) is 5.39. The molecule has 0 aliphatic rings. The molecule has 0 bridgehead atoms. The third-order valence-corrected chi connectivity index (χ3v) is 2.74. The van der Waals surface area contributed by atoms with Crippen molar-refractivity contribution in [1.29, 1.82) is 0 Å². The van der Waals surface area contributed by atoms with Crippen LogP contribution in [-0.4, -0.2) is 29.0 Å². The van der Waals surface area contributed by atoms with E-state index in [-0.39, 0.29) is 18.5 Å². The van der Waals surface area contributed by atoms with Crippen LogP contribution in [0.15, 0.2) is 22.6 Å². The van der Waals surface area contributed by atoms with Gasteiger partial charge in [-0.1, -0.05) is 18.1 Å². The summed E-state index contributed by atoms with van der Waals surface area (Å²) >= 11 is 0. The average Bonchev–Trinajstić information content (AvgIpc) is 2.99. The molecule has 21 heavy (non-hydrogen) atoms. The zero-order chi connectivity index (χ0) is 15.1. The second-order valence-electron chi connectivity index (χ2n) is 4.35. The van der Waals surface area contributed by atoms with Crippen LogP contribution >= 0.6 is 0 Å². The average molecular weight is 293 g/mol. The number of aromatic nitrogens is 2. The van der Waals surface area contributed by atoms with Crippen molar-refractivity contribution in [3.63, 3.8) is 0 Å². The van der Waals surface area contributed by atoms with Crippen molar-refractivity contribution in [2.24, 2.45) is 0 Å². The third-order valence-electron chi connectivity index (χ3n) is 2.74. The number of nitrogens with zero attached hydrogens (tertiary/aromatic N) is 2. The van der Waals surface area contributed by atoms with E-state index in [9.17, 15) is 0 Å². The molecule has 0 unspecified atom stereocenters. The standard InChI is InChI=1S/C14H19N3O4/c1-3-6-20-12-7-10(4-5-11(12)19-2)8-15-14-17-16-13(9-18)21-14/h4-5,7,18H,3,6,8-9H2,1-2H3,(H,15,17). The lowest BCUT2D eigenvalue weighted by atomic mass is 10.2. The number of ether oxygens (including phenoxy) is 2. The molecule has 114 valence electrons. The van der Waals surface area contributed by atoms with Gasteiger partial charge in [0.2, 0.25) is 5.89 Å². The molecular weight excluding hydrogens is 274 g/mol. The van der Waals surface area contributed by atoms with Gasteiger partial charge in [0.25, 0.3) is 0 Å². The predicted molar refractivity (Wildman–Crippen MR) is 76.3 cm³/mol. The van der Waals surface area contributed by atoms with Gasteiger partial charge < -0.3 is 24.3 Å². The van der Waals surface area contributed by atoms with Crippen molar-refractivity contribution in [1.82, 2.24) is 10.2 Å². The van der Waals surface area contributed by atoms with E-state index < -0.39 is 0 Å². The Morgan fingerprint density at radius 1 is 1.29 bits per heavy atom. The summed E-state index contributed by atoms with van der Waals surface area (Å²) in [6, 6.07) is 5.96. The molecule has 0 fully saturated rings. The minimum Gasteiger partial charge on any atom is -0.493 e. The maximum absolute atomic E-state index is 8.86. The molecule has 0 aliphatic carbocycles. The van der Waals surface area contributed by atoms with Gasteiger partial charge in [-0.2, -0.15) is 0 Å². The van der Waals surface area contributed by atoms with Crippen LogP contribution in [0.3, 0.4) is 0 Å². The minimum atomic E-state index is -0.272. The highest BCUT2D eigenvalue weighted by atomic mass is 16.5. The molecular formula is C14H19N3O4. The van der Waals surface area contributed by atoms with Gasteiger partial charge in [0.15, 0.2) is 11.5 Å². The molecule has 7 nitrogen and oxygen atoms in total. The van der Waals surface area contributed by atoms with E-state index in [0.717, 1.165) is 12.0 Å². The molecule has 0 radical (unpaired) electrons. The Morgan fingerprint density at radius 3 is 2.81 bits per heavy atom. The van der Waals surface area contributed by atoms with Crippen LogP contribution in [0, 0.1) is 0 Å². The lowest BCUT2D eigenvalue weighted by Gasteiger charge is -2.11. The number of aliphatic hydroxyl groups excluding tert-OH is 1. The quantitative estimate of drug-likeness (QED) is 0.769. The van der Waals surface area contributed by atoms with Crippen molar-refractivity contribution >= 4 is 6.01 Å². The van der Waals surface area contributed by atoms with Gasteiger partial charge in [-0.3, -0.25) is 0 Å². The van der Waals surface area contributed by atoms with E-state index in [1.807, 2.05) is 25.1 Å². The third kappa shape index (κ3) is 4.09. The molecule has 0 atom stereocenters. The highest BCUT2D eigenvalue weighted by molar-refractivity contribution is 5.43. The van der Waals surface area contributed by atoms with Gasteiger partial charge >= 0.3 is 6.01 Å². The van der Waals surface area contributed by atoms with Crippen LogP contribution in [0.1, 0.15) is 24.8 Å². The molecule has 7 heteroatoms. The molecule has 1 aromatic heterocycles. The normalized spacial score (nSPS) is 10.4. The van der Waals surface area contributed by atoms with Gasteiger partial charge in [-0.25, -0.2) is 0 Å². The van der Waals surface area contributed by atoms with E-state index in [1.54, 1.807) is 7.11 Å². The van der Waals surface area contributed by atoms with E-state index >= 15 is 0 Å². The van der Waals surface area contributed by atoms with Gasteiger partial charge in [0.05, 0.1) is 13.7 Å². The zero-order valence-electron chi connectivity index (χ0n) is 12.1. The van der Waals surface area contributed by atoms with Crippen molar-refractivity contribution in [2.45, 2.75) is 26.5 Å². The molecule has 1 aromatic carbocycles. The summed E-state index contributed by atoms with van der Waals surface area (Å²) in [6.07, 6.45) is 0.928. The molecule has 0 aliphatic heterocycles. The van der Waals surface area contributed by atoms with Gasteiger partial charge in [0.1, 0.15) is 6.61 Å². The summed E-state index contributed by atoms with van der Waals surface area (Å²) < 4.78 is 16.1. The number of benzene rings is 1. The second kappa shape index (κ2) is 7.49. The van der Waals surface area contributed by atoms with E-state index in [2.05, 4.69) is 15.5 Å². The van der Waals surface area contributed by atoms with Crippen molar-refractivity contribution in [2.75, 3.05) is 19.0 Å². The van der Waals surface area contributed by atoms with Gasteiger partial charge in [-0.15, -0.1) is 5.10 Å². The summed E-state index contributed by atoms with van der Waals surface area (Å²) in [5.41, 5.74) is 0.991. The second-order valence-corrected chi connectivity index (χ2v) is 4.35. The Balaban J connectivity index is 2.02. The Labute approximate surface area is 122 Å². The monoisotopic (exact) mass is 293 g/mol. The van der Waals surface area contributed by atoms with Gasteiger partial charge in [-0.05, 0) is 24.1 Å². The first kappa shape index (κ1) is 15.1. The number of hydrogen-bond donors (Lipinski definition) is 2. The smallest absolute Gasteiger partial charge is 0.315 e. The van der Waals surface area contributed by atoms with Crippen molar-refractivity contribution < 1.29 is 19.0 Å². The first-order chi connectivity index (χ1) is 10.3. The molecule has 0 saturated carbocycles. The summed E-state index contributed by atoms with van der Waals surface area (Å²) in [5, 5.41) is 19.3. The largest absolute Gasteiger partial charge is 0.493 e. The summed E-state index contributed by atoms with van der Waals surface area (Å²) in [7, 11) is 1.61. The van der Waals surface area contributed by atoms with Gasteiger partial charge in [0, 0.05) is 6.54 Å². The van der Waals surface area contributed by atoms with Crippen LogP contribution < -0.4 is 14.8 Å². The molecule has 0 saturated heterocycles. The SMILES string of the molecule is CCCOc1cc(CNc2nnc(CO)o2)ccc1OC. The maximum atomic E-state index is 8.86. The highest BCUT2D eigenvalue weighted by Gasteiger charge is 2.08. The predicted octanol–water partition coefficient (Wildman–Crippen LogP) is 1.97. The fourth-order valence-electron chi connectivity index (χ4n) is 1.72. The number of anilines is 1. The molecule has 1 heterocycles. The van der Waals surface area contributed by atoms with E-state index in [4.69, 9.17) is 19.0 Å². The topological polar surface area (TPSA) is 89.6 Å². The first-order valence-electron chi connectivity index (χ1n) is 6.73. The molecule has 0 spiro atoms. The Morgan fingerprint density at radius 2 is 2.14 bits per heavy atom.